The molecule has 0 N–H and O–H groups in total. The average Bonchev–Trinajstić information content (AvgIpc) is 2.46. The van der Waals surface area contributed by atoms with E-state index in [2.05, 4.69) is 45.0 Å². The third-order valence-corrected chi connectivity index (χ3v) is 4.05. The largest absolute Gasteiger partial charge is 0.426 e. The molecule has 0 fully saturated rings. The fourth-order valence-electron chi connectivity index (χ4n) is 2.80. The van der Waals surface area contributed by atoms with Gasteiger partial charge in [-0.05, 0) is 22.6 Å². The molecule has 1 aliphatic heterocycles. The zero-order valence-corrected chi connectivity index (χ0v) is 12.7. The molecular weight excluding hydrogens is 260 g/mol. The highest BCUT2D eigenvalue weighted by atomic mass is 16.5. The Morgan fingerprint density at radius 2 is 1.76 bits per heavy atom. The number of benzene rings is 2. The molecule has 21 heavy (non-hydrogen) atoms. The first-order valence-corrected chi connectivity index (χ1v) is 7.35. The molecule has 0 saturated heterocycles. The summed E-state index contributed by atoms with van der Waals surface area (Å²) in [6.07, 6.45) is 0.407. The van der Waals surface area contributed by atoms with Gasteiger partial charge in [-0.15, -0.1) is 0 Å². The minimum Gasteiger partial charge on any atom is -0.426 e. The first kappa shape index (κ1) is 13.9. The summed E-state index contributed by atoms with van der Waals surface area (Å²) in [4.78, 5) is 11.9. The SMILES string of the molecule is CC(C)(C)c1ccc2c(c1)[C@@H](c1ccccc1)CC(=O)O2. The Labute approximate surface area is 125 Å². The zero-order chi connectivity index (χ0) is 15.0. The highest BCUT2D eigenvalue weighted by Crippen LogP contribution is 2.40. The van der Waals surface area contributed by atoms with Gasteiger partial charge in [-0.3, -0.25) is 4.79 Å². The zero-order valence-electron chi connectivity index (χ0n) is 12.7. The summed E-state index contributed by atoms with van der Waals surface area (Å²) in [7, 11) is 0. The van der Waals surface area contributed by atoms with Crippen LogP contribution in [0.2, 0.25) is 0 Å². The molecule has 2 aromatic carbocycles. The van der Waals surface area contributed by atoms with Crippen molar-refractivity contribution >= 4 is 5.97 Å². The van der Waals surface area contributed by atoms with Crippen molar-refractivity contribution in [1.29, 1.82) is 0 Å². The van der Waals surface area contributed by atoms with E-state index in [4.69, 9.17) is 4.74 Å². The summed E-state index contributed by atoms with van der Waals surface area (Å²) in [5, 5.41) is 0. The second-order valence-electron chi connectivity index (χ2n) is 6.64. The van der Waals surface area contributed by atoms with Crippen LogP contribution in [0.4, 0.5) is 0 Å². The second kappa shape index (κ2) is 5.03. The maximum absolute atomic E-state index is 11.9. The molecule has 0 bridgehead atoms. The van der Waals surface area contributed by atoms with Gasteiger partial charge in [0.25, 0.3) is 0 Å². The van der Waals surface area contributed by atoms with Gasteiger partial charge < -0.3 is 4.74 Å². The first-order chi connectivity index (χ1) is 9.95. The van der Waals surface area contributed by atoms with Gasteiger partial charge in [-0.25, -0.2) is 0 Å². The first-order valence-electron chi connectivity index (χ1n) is 7.35. The number of rotatable bonds is 1. The van der Waals surface area contributed by atoms with Crippen LogP contribution in [0.1, 0.15) is 49.8 Å². The van der Waals surface area contributed by atoms with Crippen LogP contribution < -0.4 is 4.74 Å². The van der Waals surface area contributed by atoms with Crippen LogP contribution in [0.3, 0.4) is 0 Å². The van der Waals surface area contributed by atoms with Crippen LogP contribution in [0.25, 0.3) is 0 Å². The molecule has 3 rings (SSSR count). The third-order valence-electron chi connectivity index (χ3n) is 4.05. The van der Waals surface area contributed by atoms with Crippen LogP contribution in [0.15, 0.2) is 48.5 Å². The number of hydrogen-bond donors (Lipinski definition) is 0. The Kier molecular flexibility index (Phi) is 3.32. The molecule has 0 saturated carbocycles. The number of ether oxygens (including phenoxy) is 1. The van der Waals surface area contributed by atoms with Crippen molar-refractivity contribution in [2.24, 2.45) is 0 Å². The van der Waals surface area contributed by atoms with E-state index in [0.717, 1.165) is 5.56 Å². The van der Waals surface area contributed by atoms with Gasteiger partial charge in [0.2, 0.25) is 0 Å². The maximum atomic E-state index is 11.9. The lowest BCUT2D eigenvalue weighted by Crippen LogP contribution is -2.22. The Hall–Kier alpha value is -2.09. The number of esters is 1. The molecule has 108 valence electrons. The van der Waals surface area contributed by atoms with E-state index in [1.54, 1.807) is 0 Å². The summed E-state index contributed by atoms with van der Waals surface area (Å²) in [5.41, 5.74) is 3.63. The predicted molar refractivity (Wildman–Crippen MR) is 83.7 cm³/mol. The highest BCUT2D eigenvalue weighted by Gasteiger charge is 2.29. The lowest BCUT2D eigenvalue weighted by molar-refractivity contribution is -0.135. The monoisotopic (exact) mass is 280 g/mol. The van der Waals surface area contributed by atoms with Crippen molar-refractivity contribution in [2.75, 3.05) is 0 Å². The normalized spacial score (nSPS) is 18.0. The minimum absolute atomic E-state index is 0.0811. The van der Waals surface area contributed by atoms with Gasteiger partial charge in [0.15, 0.2) is 0 Å². The van der Waals surface area contributed by atoms with E-state index in [0.29, 0.717) is 12.2 Å². The van der Waals surface area contributed by atoms with Crippen LogP contribution in [0.5, 0.6) is 5.75 Å². The fourth-order valence-corrected chi connectivity index (χ4v) is 2.80. The molecule has 1 atom stereocenters. The van der Waals surface area contributed by atoms with Gasteiger partial charge >= 0.3 is 5.97 Å². The molecule has 0 spiro atoms. The van der Waals surface area contributed by atoms with Gasteiger partial charge in [0.05, 0.1) is 6.42 Å². The smallest absolute Gasteiger partial charge is 0.312 e. The van der Waals surface area contributed by atoms with Gasteiger partial charge in [0.1, 0.15) is 5.75 Å². The van der Waals surface area contributed by atoms with Crippen molar-refractivity contribution in [1.82, 2.24) is 0 Å². The van der Waals surface area contributed by atoms with E-state index < -0.39 is 0 Å². The highest BCUT2D eigenvalue weighted by molar-refractivity contribution is 5.77. The Balaban J connectivity index is 2.12. The molecule has 2 nitrogen and oxygen atoms in total. The molecule has 0 amide bonds. The number of fused-ring (bicyclic) bond motifs is 1. The van der Waals surface area contributed by atoms with Crippen molar-refractivity contribution in [2.45, 2.75) is 38.5 Å². The summed E-state index contributed by atoms with van der Waals surface area (Å²) in [6, 6.07) is 16.4. The van der Waals surface area contributed by atoms with Crippen molar-refractivity contribution in [3.05, 3.63) is 65.2 Å². The van der Waals surface area contributed by atoms with Crippen LogP contribution in [-0.2, 0) is 10.2 Å². The minimum atomic E-state index is -0.153. The number of carbonyl (C=O) groups is 1. The van der Waals surface area contributed by atoms with Crippen LogP contribution in [0, 0.1) is 0 Å². The number of carbonyl (C=O) groups excluding carboxylic acids is 1. The van der Waals surface area contributed by atoms with Crippen LogP contribution in [-0.4, -0.2) is 5.97 Å². The summed E-state index contributed by atoms with van der Waals surface area (Å²) < 4.78 is 5.41. The topological polar surface area (TPSA) is 26.3 Å². The van der Waals surface area contributed by atoms with Crippen molar-refractivity contribution in [3.63, 3.8) is 0 Å². The Bertz CT molecular complexity index is 666. The van der Waals surface area contributed by atoms with Gasteiger partial charge in [-0.2, -0.15) is 0 Å². The van der Waals surface area contributed by atoms with E-state index in [-0.39, 0.29) is 17.3 Å². The lowest BCUT2D eigenvalue weighted by Gasteiger charge is -2.28. The molecule has 1 aliphatic rings. The second-order valence-corrected chi connectivity index (χ2v) is 6.64. The van der Waals surface area contributed by atoms with Crippen LogP contribution >= 0.6 is 0 Å². The van der Waals surface area contributed by atoms with Crippen molar-refractivity contribution in [3.8, 4) is 5.75 Å². The molecule has 0 aliphatic carbocycles. The molecule has 2 aromatic rings. The van der Waals surface area contributed by atoms with Crippen molar-refractivity contribution < 1.29 is 9.53 Å². The van der Waals surface area contributed by atoms with E-state index in [1.165, 1.54) is 11.1 Å². The standard InChI is InChI=1S/C19H20O2/c1-19(2,3)14-9-10-17-16(11-14)15(12-18(20)21-17)13-7-5-4-6-8-13/h4-11,15H,12H2,1-3H3/t15-/m1/s1. The average molecular weight is 280 g/mol. The lowest BCUT2D eigenvalue weighted by atomic mass is 9.81. The molecule has 0 aromatic heterocycles. The number of hydrogen-bond acceptors (Lipinski definition) is 2. The van der Waals surface area contributed by atoms with E-state index in [1.807, 2.05) is 24.3 Å². The Morgan fingerprint density at radius 3 is 2.43 bits per heavy atom. The molecule has 0 radical (unpaired) electrons. The quantitative estimate of drug-likeness (QED) is 0.571. The summed E-state index contributed by atoms with van der Waals surface area (Å²) in [6.45, 7) is 6.59. The summed E-state index contributed by atoms with van der Waals surface area (Å²) in [5.74, 6) is 0.637. The Morgan fingerprint density at radius 1 is 1.05 bits per heavy atom. The van der Waals surface area contributed by atoms with E-state index >= 15 is 0 Å². The van der Waals surface area contributed by atoms with E-state index in [9.17, 15) is 4.79 Å². The summed E-state index contributed by atoms with van der Waals surface area (Å²) >= 11 is 0. The van der Waals surface area contributed by atoms with Gasteiger partial charge in [0, 0.05) is 11.5 Å². The molecule has 2 heteroatoms. The molecule has 0 unspecified atom stereocenters. The molecule has 1 heterocycles. The van der Waals surface area contributed by atoms with Gasteiger partial charge in [-0.1, -0.05) is 63.2 Å². The fraction of sp³-hybridized carbons (Fsp3) is 0.316. The molecular formula is C19H20O2. The maximum Gasteiger partial charge on any atom is 0.312 e. The third kappa shape index (κ3) is 2.71. The predicted octanol–water partition coefficient (Wildman–Crippen LogP) is 4.43.